The first-order valence-corrected chi connectivity index (χ1v) is 31.3. The van der Waals surface area contributed by atoms with Crippen LogP contribution in [0.5, 0.6) is 11.5 Å². The minimum atomic E-state index is -3.13. The maximum Gasteiger partial charge on any atom is 0.256 e. The number of carbonyl (C=O) groups is 1. The Morgan fingerprint density at radius 2 is 1.23 bits per heavy atom. The molecule has 19 nitrogen and oxygen atoms in total. The number of amides is 1. The van der Waals surface area contributed by atoms with Crippen molar-refractivity contribution in [2.45, 2.75) is 94.2 Å². The number of anilines is 2. The first-order valence-electron chi connectivity index (χ1n) is 25.3. The highest BCUT2D eigenvalue weighted by atomic mass is 32.5. The normalized spacial score (nSPS) is 20.8. The molecule has 0 saturated carbocycles. The van der Waals surface area contributed by atoms with E-state index in [1.54, 1.807) is 51.1 Å². The molecule has 10 rings (SSSR count). The highest BCUT2D eigenvalue weighted by Crippen LogP contribution is 2.52. The molecule has 1 amide bonds. The molecule has 1 unspecified atom stereocenters. The van der Waals surface area contributed by atoms with Gasteiger partial charge in [0, 0.05) is 25.1 Å². The van der Waals surface area contributed by atoms with E-state index in [0.29, 0.717) is 52.2 Å². The highest BCUT2D eigenvalue weighted by Gasteiger charge is 2.48. The van der Waals surface area contributed by atoms with E-state index in [1.807, 2.05) is 101 Å². The van der Waals surface area contributed by atoms with Gasteiger partial charge in [-0.25, -0.2) is 29.9 Å². The van der Waals surface area contributed by atoms with Crippen LogP contribution in [-0.4, -0.2) is 112 Å². The van der Waals surface area contributed by atoms with Crippen molar-refractivity contribution in [3.63, 3.8) is 0 Å². The fourth-order valence-corrected chi connectivity index (χ4v) is 12.7. The van der Waals surface area contributed by atoms with Crippen molar-refractivity contribution in [1.29, 1.82) is 0 Å². The van der Waals surface area contributed by atoms with Crippen LogP contribution in [0.3, 0.4) is 0 Å². The van der Waals surface area contributed by atoms with Crippen molar-refractivity contribution >= 4 is 66.5 Å². The van der Waals surface area contributed by atoms with Crippen molar-refractivity contribution in [2.24, 2.45) is 0 Å². The van der Waals surface area contributed by atoms with Gasteiger partial charge in [0.2, 0.25) is 0 Å². The van der Waals surface area contributed by atoms with E-state index in [1.165, 1.54) is 12.7 Å². The highest BCUT2D eigenvalue weighted by molar-refractivity contribution is 8.09. The van der Waals surface area contributed by atoms with Gasteiger partial charge < -0.3 is 48.2 Å². The van der Waals surface area contributed by atoms with Crippen LogP contribution in [0.15, 0.2) is 135 Å². The fourth-order valence-electron chi connectivity index (χ4n) is 9.60. The van der Waals surface area contributed by atoms with Gasteiger partial charge in [0.05, 0.1) is 52.3 Å². The van der Waals surface area contributed by atoms with E-state index in [2.05, 4.69) is 69.1 Å². The summed E-state index contributed by atoms with van der Waals surface area (Å²) in [7, 11) is 0.913. The van der Waals surface area contributed by atoms with Crippen LogP contribution in [0.2, 0.25) is 18.1 Å². The van der Waals surface area contributed by atoms with E-state index < -0.39 is 57.3 Å². The van der Waals surface area contributed by atoms with E-state index in [-0.39, 0.29) is 35.8 Å². The smallest absolute Gasteiger partial charge is 0.256 e. The largest absolute Gasteiger partial charge is 0.497 e. The van der Waals surface area contributed by atoms with Crippen molar-refractivity contribution < 1.29 is 42.0 Å². The maximum atomic E-state index is 13.2. The zero-order chi connectivity index (χ0) is 54.1. The van der Waals surface area contributed by atoms with Crippen LogP contribution in [0.4, 0.5) is 11.6 Å². The quantitative estimate of drug-likeness (QED) is 0.0437. The third-order valence-corrected chi connectivity index (χ3v) is 21.0. The molecule has 2 aliphatic rings. The van der Waals surface area contributed by atoms with Gasteiger partial charge in [-0.2, -0.15) is 0 Å². The molecule has 4 aromatic heterocycles. The molecule has 4 aromatic carbocycles. The van der Waals surface area contributed by atoms with E-state index in [4.69, 9.17) is 54.7 Å². The zero-order valence-corrected chi connectivity index (χ0v) is 46.9. The lowest BCUT2D eigenvalue weighted by Gasteiger charge is -2.39. The number of nitrogens with zero attached hydrogens (tertiary/aromatic N) is 8. The third-order valence-electron chi connectivity index (χ3n) is 14.7. The second-order valence-electron chi connectivity index (χ2n) is 20.6. The Balaban J connectivity index is 0.940. The van der Waals surface area contributed by atoms with Gasteiger partial charge in [0.15, 0.2) is 43.3 Å². The minimum absolute atomic E-state index is 0.0448. The molecule has 402 valence electrons. The number of aromatic nitrogens is 8. The number of nitrogens with one attached hydrogen (secondary N) is 1. The first kappa shape index (κ1) is 53.9. The Labute approximate surface area is 453 Å². The summed E-state index contributed by atoms with van der Waals surface area (Å²) in [6.07, 6.45) is 3.46. The van der Waals surface area contributed by atoms with Crippen molar-refractivity contribution in [2.75, 3.05) is 45.1 Å². The summed E-state index contributed by atoms with van der Waals surface area (Å²) in [5.41, 5.74) is 10.1. The van der Waals surface area contributed by atoms with Gasteiger partial charge in [-0.15, -0.1) is 0 Å². The molecule has 0 aliphatic carbocycles. The summed E-state index contributed by atoms with van der Waals surface area (Å²) in [6.45, 7) is 9.83. The topological polar surface area (TPSA) is 216 Å². The summed E-state index contributed by atoms with van der Waals surface area (Å²) in [5, 5.41) is 2.79. The van der Waals surface area contributed by atoms with E-state index in [9.17, 15) is 4.79 Å². The average Bonchev–Trinajstić information content (AvgIpc) is 4.30. The lowest BCUT2D eigenvalue weighted by Crippen LogP contribution is -2.46. The number of benzene rings is 4. The van der Waals surface area contributed by atoms with Gasteiger partial charge in [0.25, 0.3) is 5.91 Å². The molecule has 8 aromatic rings. The molecule has 22 heteroatoms. The molecule has 2 saturated heterocycles. The van der Waals surface area contributed by atoms with E-state index in [0.717, 1.165) is 16.7 Å². The second kappa shape index (κ2) is 22.1. The molecule has 77 heavy (non-hydrogen) atoms. The number of fused-ring (bicyclic) bond motifs is 2. The van der Waals surface area contributed by atoms with Crippen molar-refractivity contribution in [3.8, 4) is 11.5 Å². The lowest BCUT2D eigenvalue weighted by molar-refractivity contribution is -0.0908. The Hall–Kier alpha value is -6.52. The number of ether oxygens (including phenoxy) is 5. The zero-order valence-electron chi connectivity index (χ0n) is 44.2. The number of imidazole rings is 2. The monoisotopic (exact) mass is 1100 g/mol. The molecule has 3 N–H and O–H groups in total. The van der Waals surface area contributed by atoms with Gasteiger partial charge in [-0.3, -0.25) is 13.9 Å². The number of nitrogen functional groups attached to an aromatic ring is 1. The van der Waals surface area contributed by atoms with Crippen LogP contribution in [0, 0.1) is 0 Å². The molecule has 2 fully saturated rings. The average molecular weight is 1100 g/mol. The van der Waals surface area contributed by atoms with Crippen molar-refractivity contribution in [3.05, 3.63) is 157 Å². The Morgan fingerprint density at radius 3 is 1.82 bits per heavy atom. The summed E-state index contributed by atoms with van der Waals surface area (Å²) in [5.74, 6) is 1.62. The van der Waals surface area contributed by atoms with Gasteiger partial charge in [0.1, 0.15) is 59.9 Å². The third kappa shape index (κ3) is 11.1. The second-order valence-corrected chi connectivity index (χ2v) is 29.4. The first-order chi connectivity index (χ1) is 37.0. The minimum Gasteiger partial charge on any atom is -0.497 e. The standard InChI is InChI=1S/C55H63N10O9PSSi/c1-54(2,3)77(7,8)74-42-28-46(65-34-62-48-50(58-32-60-52(48)65)63-53(66)35-15-11-9-12-16-35)72-44(42)30-70-75(6,76)73-41-27-45(64-33-61-47-49(56)57-31-59-51(47)64)71-43(41)29-69-55(36-17-13-10-14-18-36,37-19-23-39(67-4)24-20-37)38-21-25-40(68-5)26-22-38/h9-26,31-34,41-46H,27-30H2,1-8H3,(H2,56,57,59)(H,58,60,63,66)/t41-,42-,43+,44+,45+,46+,75?/m0/s1. The summed E-state index contributed by atoms with van der Waals surface area (Å²) < 4.78 is 57.0. The molecule has 0 radical (unpaired) electrons. The summed E-state index contributed by atoms with van der Waals surface area (Å²) in [4.78, 5) is 40.1. The van der Waals surface area contributed by atoms with Crippen LogP contribution in [-0.2, 0) is 45.1 Å². The molecular formula is C55H63N10O9PSSi. The van der Waals surface area contributed by atoms with E-state index >= 15 is 0 Å². The number of hydrogen-bond acceptors (Lipinski definition) is 17. The Bertz CT molecular complexity index is 3340. The van der Waals surface area contributed by atoms with Crippen LogP contribution in [0.1, 0.15) is 73.1 Å². The van der Waals surface area contributed by atoms with Gasteiger partial charge >= 0.3 is 0 Å². The lowest BCUT2D eigenvalue weighted by atomic mass is 9.80. The number of methoxy groups -OCH3 is 2. The molecule has 0 spiro atoms. The maximum absolute atomic E-state index is 13.2. The van der Waals surface area contributed by atoms with Gasteiger partial charge in [-0.05, 0) is 83.0 Å². The van der Waals surface area contributed by atoms with Gasteiger partial charge in [-0.1, -0.05) is 93.6 Å². The van der Waals surface area contributed by atoms with Crippen LogP contribution >= 0.6 is 6.49 Å². The molecule has 2 aliphatic heterocycles. The van der Waals surface area contributed by atoms with Crippen LogP contribution in [0.25, 0.3) is 22.3 Å². The predicted octanol–water partition coefficient (Wildman–Crippen LogP) is 9.83. The van der Waals surface area contributed by atoms with Crippen LogP contribution < -0.4 is 20.5 Å². The summed E-state index contributed by atoms with van der Waals surface area (Å²) in [6, 6.07) is 34.7. The number of carbonyl (C=O) groups excluding carboxylic acids is 1. The summed E-state index contributed by atoms with van der Waals surface area (Å²) >= 11 is 6.33. The number of nitrogens with two attached hydrogens (primary N) is 1. The molecule has 7 atom stereocenters. The molecule has 6 heterocycles. The molecule has 0 bridgehead atoms. The predicted molar refractivity (Wildman–Crippen MR) is 298 cm³/mol. The Morgan fingerprint density at radius 1 is 0.714 bits per heavy atom. The van der Waals surface area contributed by atoms with Crippen molar-refractivity contribution in [1.82, 2.24) is 39.0 Å². The SMILES string of the molecule is COc1ccc(C(OC[C@H]2O[C@@H](n3cnc4c(N)ncnc43)C[C@@H]2OP(C)(=S)OC[C@H]2O[C@@H](n3cnc4c(NC(=O)c5ccccc5)ncnc43)C[C@@H]2O[Si](C)(C)C(C)(C)C)(c2ccccc2)c2ccc(OC)cc2)cc1. The Kier molecular flexibility index (Phi) is 15.4. The number of hydrogen-bond donors (Lipinski definition) is 2. The fraction of sp³-hybridized carbons (Fsp3) is 0.364. The number of rotatable bonds is 19. The molecular weight excluding hydrogens is 1040 g/mol.